The van der Waals surface area contributed by atoms with Gasteiger partial charge >= 0.3 is 0 Å². The monoisotopic (exact) mass is 308 g/mol. The zero-order valence-electron chi connectivity index (χ0n) is 13.2. The molecular formula is C17H24O5. The van der Waals surface area contributed by atoms with Crippen LogP contribution in [0, 0.1) is 0 Å². The number of rotatable bonds is 6. The van der Waals surface area contributed by atoms with Gasteiger partial charge in [0.05, 0.1) is 6.61 Å². The first-order chi connectivity index (χ1) is 10.7. The summed E-state index contributed by atoms with van der Waals surface area (Å²) in [4.78, 5) is 0. The van der Waals surface area contributed by atoms with E-state index in [1.807, 2.05) is 42.5 Å². The van der Waals surface area contributed by atoms with Crippen molar-refractivity contribution in [3.63, 3.8) is 0 Å². The summed E-state index contributed by atoms with van der Waals surface area (Å²) < 4.78 is 21.9. The third-order valence-electron chi connectivity index (χ3n) is 3.85. The number of benzene rings is 1. The van der Waals surface area contributed by atoms with Crippen molar-refractivity contribution in [1.82, 2.24) is 0 Å². The fraction of sp³-hybridized carbons (Fsp3) is 0.529. The van der Waals surface area contributed by atoms with E-state index in [4.69, 9.17) is 18.9 Å². The largest absolute Gasteiger partial charge is 0.387 e. The van der Waals surface area contributed by atoms with Gasteiger partial charge in [-0.3, -0.25) is 0 Å². The summed E-state index contributed by atoms with van der Waals surface area (Å²) in [5.74, 6) is 0. The molecule has 0 radical (unpaired) electrons. The minimum Gasteiger partial charge on any atom is -0.387 e. The van der Waals surface area contributed by atoms with Crippen molar-refractivity contribution in [2.24, 2.45) is 0 Å². The van der Waals surface area contributed by atoms with Gasteiger partial charge in [0.1, 0.15) is 30.5 Å². The number of methoxy groups -OCH3 is 3. The summed E-state index contributed by atoms with van der Waals surface area (Å²) in [6.07, 6.45) is 1.40. The summed E-state index contributed by atoms with van der Waals surface area (Å²) in [7, 11) is 4.70. The molecule has 122 valence electrons. The van der Waals surface area contributed by atoms with Crippen LogP contribution in [0.5, 0.6) is 0 Å². The van der Waals surface area contributed by atoms with Crippen LogP contribution in [-0.4, -0.2) is 63.6 Å². The molecule has 1 fully saturated rings. The number of hydrogen-bond donors (Lipinski definition) is 1. The number of aliphatic hydroxyl groups excluding tert-OH is 1. The molecule has 1 heterocycles. The van der Waals surface area contributed by atoms with Crippen LogP contribution in [0.15, 0.2) is 36.4 Å². The molecule has 1 aromatic carbocycles. The number of ether oxygens (including phenoxy) is 4. The molecule has 0 aromatic heterocycles. The minimum atomic E-state index is -0.783. The van der Waals surface area contributed by atoms with Gasteiger partial charge in [-0.25, -0.2) is 0 Å². The Morgan fingerprint density at radius 3 is 2.36 bits per heavy atom. The van der Waals surface area contributed by atoms with Gasteiger partial charge in [-0.2, -0.15) is 0 Å². The van der Waals surface area contributed by atoms with Crippen molar-refractivity contribution in [3.05, 3.63) is 42.0 Å². The first kappa shape index (κ1) is 17.1. The smallest absolute Gasteiger partial charge is 0.115 e. The highest BCUT2D eigenvalue weighted by atomic mass is 16.6. The molecule has 0 aliphatic carbocycles. The van der Waals surface area contributed by atoms with Gasteiger partial charge in [-0.05, 0) is 5.56 Å². The summed E-state index contributed by atoms with van der Waals surface area (Å²) in [5, 5.41) is 10.5. The molecule has 5 atom stereocenters. The normalized spacial score (nSPS) is 32.5. The fourth-order valence-electron chi connectivity index (χ4n) is 2.75. The van der Waals surface area contributed by atoms with Crippen LogP contribution in [0.3, 0.4) is 0 Å². The quantitative estimate of drug-likeness (QED) is 0.863. The first-order valence-corrected chi connectivity index (χ1v) is 7.32. The molecule has 0 bridgehead atoms. The predicted octanol–water partition coefficient (Wildman–Crippen LogP) is 1.50. The minimum absolute atomic E-state index is 0.346. The Bertz CT molecular complexity index is 459. The molecule has 5 nitrogen and oxygen atoms in total. The Morgan fingerprint density at radius 2 is 1.77 bits per heavy atom. The van der Waals surface area contributed by atoms with Gasteiger partial charge in [0.15, 0.2) is 0 Å². The van der Waals surface area contributed by atoms with Gasteiger partial charge in [0, 0.05) is 21.3 Å². The van der Waals surface area contributed by atoms with Crippen molar-refractivity contribution >= 4 is 6.08 Å². The third-order valence-corrected chi connectivity index (χ3v) is 3.85. The fourth-order valence-corrected chi connectivity index (χ4v) is 2.75. The summed E-state index contributed by atoms with van der Waals surface area (Å²) in [5.41, 5.74) is 1.06. The van der Waals surface area contributed by atoms with E-state index in [-0.39, 0.29) is 12.2 Å². The average Bonchev–Trinajstić information content (AvgIpc) is 2.54. The third kappa shape index (κ3) is 3.94. The van der Waals surface area contributed by atoms with E-state index in [1.54, 1.807) is 21.3 Å². The van der Waals surface area contributed by atoms with E-state index in [9.17, 15) is 5.11 Å². The summed E-state index contributed by atoms with van der Waals surface area (Å²) >= 11 is 0. The summed E-state index contributed by atoms with van der Waals surface area (Å²) in [6, 6.07) is 9.91. The van der Waals surface area contributed by atoms with Crippen molar-refractivity contribution in [2.75, 3.05) is 27.9 Å². The van der Waals surface area contributed by atoms with Gasteiger partial charge in [-0.1, -0.05) is 42.5 Å². The Hall–Kier alpha value is -1.24. The lowest BCUT2D eigenvalue weighted by Gasteiger charge is -2.42. The first-order valence-electron chi connectivity index (χ1n) is 7.32. The lowest BCUT2D eigenvalue weighted by atomic mass is 9.94. The molecule has 5 heteroatoms. The standard InChI is InChI=1S/C17H24O5/c1-19-11-14-17(21-3)15(18)16(20-2)13(22-14)10-9-12-7-5-4-6-8-12/h4-10,13-18H,11H2,1-3H3/b10-9-/t13-,14+,15+,16-,17+/m0/s1. The molecule has 1 aliphatic heterocycles. The lowest BCUT2D eigenvalue weighted by molar-refractivity contribution is -0.232. The molecule has 0 amide bonds. The SMILES string of the molecule is COC[C@H]1O[C@@H](/C=C\c2ccccc2)[C@H](OC)[C@@H](O)[C@@H]1OC. The van der Waals surface area contributed by atoms with E-state index in [0.29, 0.717) is 6.61 Å². The van der Waals surface area contributed by atoms with Crippen LogP contribution in [0.4, 0.5) is 0 Å². The van der Waals surface area contributed by atoms with Crippen LogP contribution in [0.25, 0.3) is 6.08 Å². The maximum absolute atomic E-state index is 10.5. The molecule has 1 aromatic rings. The predicted molar refractivity (Wildman–Crippen MR) is 83.6 cm³/mol. The van der Waals surface area contributed by atoms with E-state index in [0.717, 1.165) is 5.56 Å². The van der Waals surface area contributed by atoms with E-state index < -0.39 is 18.3 Å². The van der Waals surface area contributed by atoms with Crippen LogP contribution in [-0.2, 0) is 18.9 Å². The lowest BCUT2D eigenvalue weighted by Crippen LogP contribution is -2.59. The second-order valence-corrected chi connectivity index (χ2v) is 5.26. The molecule has 1 aliphatic rings. The van der Waals surface area contributed by atoms with Crippen LogP contribution in [0.2, 0.25) is 0 Å². The molecule has 0 spiro atoms. The van der Waals surface area contributed by atoms with Crippen LogP contribution < -0.4 is 0 Å². The number of hydrogen-bond acceptors (Lipinski definition) is 5. The van der Waals surface area contributed by atoms with E-state index in [2.05, 4.69) is 0 Å². The highest BCUT2D eigenvalue weighted by molar-refractivity contribution is 5.49. The topological polar surface area (TPSA) is 57.2 Å². The summed E-state index contributed by atoms with van der Waals surface area (Å²) in [6.45, 7) is 0.349. The average molecular weight is 308 g/mol. The van der Waals surface area contributed by atoms with Crippen molar-refractivity contribution in [1.29, 1.82) is 0 Å². The maximum Gasteiger partial charge on any atom is 0.115 e. The highest BCUT2D eigenvalue weighted by Gasteiger charge is 2.44. The molecule has 1 saturated heterocycles. The Labute approximate surface area is 131 Å². The molecule has 22 heavy (non-hydrogen) atoms. The Morgan fingerprint density at radius 1 is 1.09 bits per heavy atom. The van der Waals surface area contributed by atoms with Gasteiger partial charge in [-0.15, -0.1) is 0 Å². The molecule has 2 rings (SSSR count). The Kier molecular flexibility index (Phi) is 6.54. The molecular weight excluding hydrogens is 284 g/mol. The maximum atomic E-state index is 10.5. The molecule has 0 unspecified atom stereocenters. The second-order valence-electron chi connectivity index (χ2n) is 5.26. The van der Waals surface area contributed by atoms with Crippen LogP contribution in [0.1, 0.15) is 5.56 Å². The van der Waals surface area contributed by atoms with Gasteiger partial charge in [0.2, 0.25) is 0 Å². The molecule has 0 saturated carbocycles. The van der Waals surface area contributed by atoms with Crippen LogP contribution >= 0.6 is 0 Å². The molecule has 1 N–H and O–H groups in total. The zero-order valence-corrected chi connectivity index (χ0v) is 13.2. The van der Waals surface area contributed by atoms with E-state index >= 15 is 0 Å². The number of aliphatic hydroxyl groups is 1. The van der Waals surface area contributed by atoms with Gasteiger partial charge in [0.25, 0.3) is 0 Å². The highest BCUT2D eigenvalue weighted by Crippen LogP contribution is 2.26. The van der Waals surface area contributed by atoms with Gasteiger partial charge < -0.3 is 24.1 Å². The van der Waals surface area contributed by atoms with Crippen molar-refractivity contribution < 1.29 is 24.1 Å². The Balaban J connectivity index is 2.15. The van der Waals surface area contributed by atoms with Crippen molar-refractivity contribution in [2.45, 2.75) is 30.5 Å². The van der Waals surface area contributed by atoms with Crippen molar-refractivity contribution in [3.8, 4) is 0 Å². The zero-order chi connectivity index (χ0) is 15.9. The second kappa shape index (κ2) is 8.41. The van der Waals surface area contributed by atoms with E-state index in [1.165, 1.54) is 0 Å².